The largest absolute Gasteiger partial charge is 0.710 e. The first-order valence-corrected chi connectivity index (χ1v) is 4.22. The Kier molecular flexibility index (Phi) is 2.03. The van der Waals surface area contributed by atoms with Crippen LogP contribution in [-0.2, 0) is 0 Å². The maximum absolute atomic E-state index is 11.3. The van der Waals surface area contributed by atoms with E-state index in [1.807, 2.05) is 6.07 Å². The minimum atomic E-state index is 0.125. The van der Waals surface area contributed by atoms with Gasteiger partial charge in [0.15, 0.2) is 6.20 Å². The molecule has 0 unspecified atom stereocenters. The van der Waals surface area contributed by atoms with Crippen LogP contribution in [0.15, 0.2) is 36.7 Å². The van der Waals surface area contributed by atoms with E-state index in [9.17, 15) is 10.4 Å². The molecule has 1 N–H and O–H groups in total. The highest BCUT2D eigenvalue weighted by Crippen LogP contribution is 2.15. The van der Waals surface area contributed by atoms with Crippen LogP contribution < -0.4 is 4.73 Å². The highest BCUT2D eigenvalue weighted by Gasteiger charge is 2.14. The van der Waals surface area contributed by atoms with E-state index in [-0.39, 0.29) is 5.82 Å². The van der Waals surface area contributed by atoms with Crippen molar-refractivity contribution in [2.75, 3.05) is 0 Å². The second-order valence-electron chi connectivity index (χ2n) is 2.98. The van der Waals surface area contributed by atoms with Gasteiger partial charge in [-0.15, -0.1) is 0 Å². The summed E-state index contributed by atoms with van der Waals surface area (Å²) in [6, 6.07) is 8.36. The molecule has 2 rings (SSSR count). The summed E-state index contributed by atoms with van der Waals surface area (Å²) < 4.78 is 1.30. The average molecular weight is 201 g/mol. The smallest absolute Gasteiger partial charge is 0.331 e. The number of nitriles is 1. The topological polar surface area (TPSA) is 75.9 Å². The number of imidazole rings is 1. The van der Waals surface area contributed by atoms with Crippen molar-refractivity contribution < 1.29 is 9.94 Å². The Balaban J connectivity index is 2.51. The Morgan fingerprint density at radius 3 is 2.47 bits per heavy atom. The van der Waals surface area contributed by atoms with Crippen LogP contribution in [0, 0.1) is 16.5 Å². The quantitative estimate of drug-likeness (QED) is 0.423. The zero-order valence-corrected chi connectivity index (χ0v) is 7.66. The highest BCUT2D eigenvalue weighted by atomic mass is 16.5. The van der Waals surface area contributed by atoms with E-state index in [1.165, 1.54) is 12.4 Å². The van der Waals surface area contributed by atoms with Crippen LogP contribution in [0.3, 0.4) is 0 Å². The Bertz CT molecular complexity index is 503. The molecular formula is C10H7N3O2. The molecule has 0 aliphatic carbocycles. The average Bonchev–Trinajstić information content (AvgIpc) is 2.59. The summed E-state index contributed by atoms with van der Waals surface area (Å²) in [5.74, 6) is 0.125. The first-order chi connectivity index (χ1) is 7.22. The lowest BCUT2D eigenvalue weighted by Gasteiger charge is -2.01. The fraction of sp³-hybridized carbons (Fsp3) is 0. The van der Waals surface area contributed by atoms with E-state index < -0.39 is 0 Å². The molecule has 1 heterocycles. The molecule has 0 aliphatic heterocycles. The number of nitrogens with zero attached hydrogens (tertiary/aromatic N) is 3. The molecule has 74 valence electrons. The van der Waals surface area contributed by atoms with Crippen molar-refractivity contribution in [1.82, 2.24) is 4.73 Å². The van der Waals surface area contributed by atoms with Gasteiger partial charge in [0.25, 0.3) is 0 Å². The predicted molar refractivity (Wildman–Crippen MR) is 50.7 cm³/mol. The summed E-state index contributed by atoms with van der Waals surface area (Å²) >= 11 is 0. The molecular weight excluding hydrogens is 194 g/mol. The maximum Gasteiger partial charge on any atom is 0.331 e. The number of hydrogen-bond donors (Lipinski definition) is 1. The molecule has 15 heavy (non-hydrogen) atoms. The van der Waals surface area contributed by atoms with Crippen molar-refractivity contribution in [2.45, 2.75) is 0 Å². The molecule has 0 saturated carbocycles. The van der Waals surface area contributed by atoms with Gasteiger partial charge in [-0.1, -0.05) is 0 Å². The van der Waals surface area contributed by atoms with E-state index in [0.29, 0.717) is 15.9 Å². The summed E-state index contributed by atoms with van der Waals surface area (Å²) in [6.45, 7) is 0. The van der Waals surface area contributed by atoms with Crippen LogP contribution >= 0.6 is 0 Å². The summed E-state index contributed by atoms with van der Waals surface area (Å²) in [5.41, 5.74) is 1.06. The first kappa shape index (κ1) is 9.09. The van der Waals surface area contributed by atoms with Crippen LogP contribution in [0.25, 0.3) is 11.4 Å². The zero-order chi connectivity index (χ0) is 10.8. The van der Waals surface area contributed by atoms with E-state index in [2.05, 4.69) is 0 Å². The van der Waals surface area contributed by atoms with Crippen molar-refractivity contribution in [3.63, 3.8) is 0 Å². The predicted octanol–water partition coefficient (Wildman–Crippen LogP) is 0.897. The lowest BCUT2D eigenvalue weighted by Crippen LogP contribution is -2.26. The fourth-order valence-corrected chi connectivity index (χ4v) is 1.32. The van der Waals surface area contributed by atoms with Crippen LogP contribution in [0.1, 0.15) is 5.56 Å². The molecule has 0 radical (unpaired) electrons. The Hall–Kier alpha value is -2.48. The first-order valence-electron chi connectivity index (χ1n) is 4.22. The molecule has 1 aromatic heterocycles. The van der Waals surface area contributed by atoms with Gasteiger partial charge in [0.05, 0.1) is 17.2 Å². The van der Waals surface area contributed by atoms with Crippen LogP contribution in [0.5, 0.6) is 0 Å². The minimum Gasteiger partial charge on any atom is -0.710 e. The van der Waals surface area contributed by atoms with Crippen molar-refractivity contribution in [2.24, 2.45) is 0 Å². The van der Waals surface area contributed by atoms with Crippen LogP contribution in [0.2, 0.25) is 0 Å². The van der Waals surface area contributed by atoms with E-state index in [4.69, 9.17) is 5.26 Å². The molecule has 0 spiro atoms. The molecule has 0 fully saturated rings. The third-order valence-electron chi connectivity index (χ3n) is 2.04. The fourth-order valence-electron chi connectivity index (χ4n) is 1.32. The van der Waals surface area contributed by atoms with Gasteiger partial charge < -0.3 is 10.4 Å². The van der Waals surface area contributed by atoms with E-state index in [0.717, 1.165) is 4.73 Å². The number of benzene rings is 1. The summed E-state index contributed by atoms with van der Waals surface area (Å²) in [5, 5.41) is 29.2. The normalized spacial score (nSPS) is 9.80. The molecule has 5 nitrogen and oxygen atoms in total. The van der Waals surface area contributed by atoms with Crippen molar-refractivity contribution in [1.29, 1.82) is 5.26 Å². The number of hydrogen-bond acceptors (Lipinski definition) is 3. The zero-order valence-electron chi connectivity index (χ0n) is 7.66. The summed E-state index contributed by atoms with van der Waals surface area (Å²) in [7, 11) is 0. The third kappa shape index (κ3) is 1.48. The SMILES string of the molecule is N#Cc1ccc(-c2n(O)cc[n+]2[O-])cc1. The van der Waals surface area contributed by atoms with Crippen molar-refractivity contribution in [3.05, 3.63) is 47.4 Å². The van der Waals surface area contributed by atoms with E-state index in [1.54, 1.807) is 24.3 Å². The molecule has 1 aromatic carbocycles. The van der Waals surface area contributed by atoms with Crippen molar-refractivity contribution in [3.8, 4) is 17.5 Å². The van der Waals surface area contributed by atoms with E-state index >= 15 is 0 Å². The molecule has 5 heteroatoms. The molecule has 2 aromatic rings. The Labute approximate surface area is 85.6 Å². The molecule has 0 amide bonds. The Morgan fingerprint density at radius 2 is 2.00 bits per heavy atom. The van der Waals surface area contributed by atoms with Gasteiger partial charge in [-0.3, -0.25) is 0 Å². The van der Waals surface area contributed by atoms with Gasteiger partial charge in [0.1, 0.15) is 6.20 Å². The van der Waals surface area contributed by atoms with Gasteiger partial charge in [-0.2, -0.15) is 5.26 Å². The Morgan fingerprint density at radius 1 is 1.33 bits per heavy atom. The van der Waals surface area contributed by atoms with Gasteiger partial charge in [0.2, 0.25) is 0 Å². The van der Waals surface area contributed by atoms with Crippen LogP contribution in [0.4, 0.5) is 0 Å². The standard InChI is InChI=1S/C10H7N3O2/c11-7-8-1-3-9(4-2-8)10-12(14)5-6-13(10)15/h1-6,14H. The molecule has 0 saturated heterocycles. The summed E-state index contributed by atoms with van der Waals surface area (Å²) in [4.78, 5) is 0. The lowest BCUT2D eigenvalue weighted by atomic mass is 10.1. The third-order valence-corrected chi connectivity index (χ3v) is 2.04. The minimum absolute atomic E-state index is 0.125. The second-order valence-corrected chi connectivity index (χ2v) is 2.98. The van der Waals surface area contributed by atoms with Gasteiger partial charge in [-0.05, 0) is 29.0 Å². The van der Waals surface area contributed by atoms with Crippen LogP contribution in [-0.4, -0.2) is 9.94 Å². The molecule has 0 atom stereocenters. The van der Waals surface area contributed by atoms with Crippen molar-refractivity contribution >= 4 is 0 Å². The van der Waals surface area contributed by atoms with Gasteiger partial charge in [-0.25, -0.2) is 4.73 Å². The maximum atomic E-state index is 11.3. The lowest BCUT2D eigenvalue weighted by molar-refractivity contribution is -0.594. The number of aromatic nitrogens is 2. The second kappa shape index (κ2) is 3.35. The van der Waals surface area contributed by atoms with Gasteiger partial charge in [0, 0.05) is 0 Å². The number of rotatable bonds is 1. The highest BCUT2D eigenvalue weighted by molar-refractivity contribution is 5.54. The summed E-state index contributed by atoms with van der Waals surface area (Å²) in [6.07, 6.45) is 2.45. The molecule has 0 aliphatic rings. The monoisotopic (exact) mass is 201 g/mol. The van der Waals surface area contributed by atoms with Gasteiger partial charge >= 0.3 is 5.82 Å². The molecule has 0 bridgehead atoms.